The van der Waals surface area contributed by atoms with Gasteiger partial charge in [0.15, 0.2) is 0 Å². The Morgan fingerprint density at radius 3 is 1.60 bits per heavy atom. The summed E-state index contributed by atoms with van der Waals surface area (Å²) in [5.74, 6) is 0.638. The Hall–Kier alpha value is -0.510. The summed E-state index contributed by atoms with van der Waals surface area (Å²) in [6, 6.07) is 2.50. The highest BCUT2D eigenvalue weighted by Gasteiger charge is 2.53. The van der Waals surface area contributed by atoms with Gasteiger partial charge in [-0.25, -0.2) is 0 Å². The van der Waals surface area contributed by atoms with Gasteiger partial charge in [-0.2, -0.15) is 5.26 Å². The molecule has 0 aliphatic rings. The van der Waals surface area contributed by atoms with Crippen LogP contribution in [0.4, 0.5) is 0 Å². The minimum atomic E-state index is -0.256. The van der Waals surface area contributed by atoms with Crippen LogP contribution >= 0.6 is 0 Å². The SMILES string of the molecule is CCC(C)(CC(C)(C)C#N)C(C)(C)C(C)(CC)C(C)C. The lowest BCUT2D eigenvalue weighted by Crippen LogP contribution is -2.51. The zero-order valence-corrected chi connectivity index (χ0v) is 15.6. The quantitative estimate of drug-likeness (QED) is 0.526. The first-order valence-electron chi connectivity index (χ1n) is 8.25. The highest BCUT2D eigenvalue weighted by atomic mass is 14.6. The predicted octanol–water partition coefficient (Wildman–Crippen LogP) is 6.44. The molecule has 0 radical (unpaired) electrons. The monoisotopic (exact) mass is 279 g/mol. The van der Waals surface area contributed by atoms with Crippen LogP contribution in [0.3, 0.4) is 0 Å². The summed E-state index contributed by atoms with van der Waals surface area (Å²) in [7, 11) is 0. The molecule has 118 valence electrons. The minimum absolute atomic E-state index is 0.168. The first-order valence-corrected chi connectivity index (χ1v) is 8.25. The number of rotatable bonds is 7. The van der Waals surface area contributed by atoms with E-state index in [-0.39, 0.29) is 21.7 Å². The molecule has 0 aromatic rings. The highest BCUT2D eigenvalue weighted by Crippen LogP contribution is 2.60. The van der Waals surface area contributed by atoms with Gasteiger partial charge in [0.2, 0.25) is 0 Å². The zero-order valence-electron chi connectivity index (χ0n) is 15.6. The Morgan fingerprint density at radius 1 is 0.900 bits per heavy atom. The maximum Gasteiger partial charge on any atom is 0.0684 e. The van der Waals surface area contributed by atoms with Gasteiger partial charge in [0.05, 0.1) is 11.5 Å². The molecule has 0 aliphatic carbocycles. The van der Waals surface area contributed by atoms with Crippen LogP contribution in [-0.4, -0.2) is 0 Å². The smallest absolute Gasteiger partial charge is 0.0684 e. The molecular formula is C19H37N. The van der Waals surface area contributed by atoms with Crippen LogP contribution in [0, 0.1) is 38.9 Å². The van der Waals surface area contributed by atoms with Crippen molar-refractivity contribution in [3.8, 4) is 6.07 Å². The van der Waals surface area contributed by atoms with Gasteiger partial charge in [-0.3, -0.25) is 0 Å². The van der Waals surface area contributed by atoms with Crippen LogP contribution in [0.2, 0.25) is 0 Å². The van der Waals surface area contributed by atoms with E-state index >= 15 is 0 Å². The number of hydrogen-bond donors (Lipinski definition) is 0. The van der Waals surface area contributed by atoms with Crippen LogP contribution in [0.5, 0.6) is 0 Å². The van der Waals surface area contributed by atoms with Crippen molar-refractivity contribution >= 4 is 0 Å². The van der Waals surface area contributed by atoms with Crippen molar-refractivity contribution in [1.29, 1.82) is 5.26 Å². The maximum absolute atomic E-state index is 9.44. The third kappa shape index (κ3) is 3.21. The molecule has 1 heteroatoms. The van der Waals surface area contributed by atoms with E-state index in [1.54, 1.807) is 0 Å². The lowest BCUT2D eigenvalue weighted by molar-refractivity contribution is -0.0898. The van der Waals surface area contributed by atoms with Gasteiger partial charge in [-0.1, -0.05) is 61.8 Å². The van der Waals surface area contributed by atoms with Gasteiger partial charge < -0.3 is 0 Å². The average Bonchev–Trinajstić information content (AvgIpc) is 2.36. The van der Waals surface area contributed by atoms with Gasteiger partial charge >= 0.3 is 0 Å². The lowest BCUT2D eigenvalue weighted by atomic mass is 9.46. The number of hydrogen-bond acceptors (Lipinski definition) is 1. The summed E-state index contributed by atoms with van der Waals surface area (Å²) in [5, 5.41) is 9.44. The average molecular weight is 280 g/mol. The van der Waals surface area contributed by atoms with Crippen molar-refractivity contribution in [2.24, 2.45) is 27.6 Å². The van der Waals surface area contributed by atoms with Gasteiger partial charge in [-0.05, 0) is 48.9 Å². The van der Waals surface area contributed by atoms with Crippen molar-refractivity contribution in [2.45, 2.75) is 88.5 Å². The summed E-state index contributed by atoms with van der Waals surface area (Å²) in [6.45, 7) is 23.1. The topological polar surface area (TPSA) is 23.8 Å². The van der Waals surface area contributed by atoms with Gasteiger partial charge in [0, 0.05) is 0 Å². The number of nitriles is 1. The van der Waals surface area contributed by atoms with E-state index < -0.39 is 0 Å². The molecule has 0 amide bonds. The normalized spacial score (nSPS) is 19.3. The molecule has 0 saturated carbocycles. The second-order valence-electron chi connectivity index (χ2n) is 8.64. The Bertz CT molecular complexity index is 358. The molecule has 0 rings (SSSR count). The van der Waals surface area contributed by atoms with Crippen LogP contribution < -0.4 is 0 Å². The summed E-state index contributed by atoms with van der Waals surface area (Å²) in [6.07, 6.45) is 3.26. The molecule has 2 unspecified atom stereocenters. The predicted molar refractivity (Wildman–Crippen MR) is 89.4 cm³/mol. The highest BCUT2D eigenvalue weighted by molar-refractivity contribution is 5.05. The van der Waals surface area contributed by atoms with E-state index in [1.807, 2.05) is 0 Å². The van der Waals surface area contributed by atoms with Crippen molar-refractivity contribution in [2.75, 3.05) is 0 Å². The molecule has 20 heavy (non-hydrogen) atoms. The van der Waals surface area contributed by atoms with Gasteiger partial charge in [-0.15, -0.1) is 0 Å². The summed E-state index contributed by atoms with van der Waals surface area (Å²) in [4.78, 5) is 0. The molecule has 0 saturated heterocycles. The third-order valence-electron chi connectivity index (χ3n) is 6.86. The van der Waals surface area contributed by atoms with E-state index in [2.05, 4.69) is 75.3 Å². The van der Waals surface area contributed by atoms with E-state index in [0.717, 1.165) is 12.8 Å². The first kappa shape index (κ1) is 19.5. The standard InChI is InChI=1S/C19H37N/c1-11-18(9,13-16(5,6)14-20)17(7,8)19(10,12-2)15(3)4/h15H,11-13H2,1-10H3. The maximum atomic E-state index is 9.44. The van der Waals surface area contributed by atoms with Crippen LogP contribution in [0.1, 0.15) is 88.5 Å². The molecule has 2 atom stereocenters. The summed E-state index contributed by atoms with van der Waals surface area (Å²) in [5.41, 5.74) is 0.379. The molecule has 0 fully saturated rings. The molecule has 0 aromatic carbocycles. The Balaban J connectivity index is 5.79. The third-order valence-corrected chi connectivity index (χ3v) is 6.86. The summed E-state index contributed by atoms with van der Waals surface area (Å²) < 4.78 is 0. The Kier molecular flexibility index (Phi) is 5.93. The molecule has 0 spiro atoms. The minimum Gasteiger partial charge on any atom is -0.198 e. The van der Waals surface area contributed by atoms with E-state index in [0.29, 0.717) is 5.92 Å². The zero-order chi connectivity index (χ0) is 16.4. The van der Waals surface area contributed by atoms with Crippen LogP contribution in [0.25, 0.3) is 0 Å². The van der Waals surface area contributed by atoms with Crippen molar-refractivity contribution < 1.29 is 0 Å². The van der Waals surface area contributed by atoms with Crippen LogP contribution in [0.15, 0.2) is 0 Å². The molecule has 0 aromatic heterocycles. The lowest BCUT2D eigenvalue weighted by Gasteiger charge is -2.58. The molecule has 0 heterocycles. The first-order chi connectivity index (χ1) is 8.83. The molecule has 0 N–H and O–H groups in total. The molecule has 0 aliphatic heterocycles. The Labute approximate surface area is 128 Å². The largest absolute Gasteiger partial charge is 0.198 e. The fraction of sp³-hybridized carbons (Fsp3) is 0.947. The van der Waals surface area contributed by atoms with Crippen molar-refractivity contribution in [3.05, 3.63) is 0 Å². The fourth-order valence-corrected chi connectivity index (χ4v) is 4.06. The van der Waals surface area contributed by atoms with Crippen molar-refractivity contribution in [3.63, 3.8) is 0 Å². The Morgan fingerprint density at radius 2 is 1.35 bits per heavy atom. The van der Waals surface area contributed by atoms with Crippen molar-refractivity contribution in [1.82, 2.24) is 0 Å². The number of nitrogens with zero attached hydrogens (tertiary/aromatic N) is 1. The summed E-state index contributed by atoms with van der Waals surface area (Å²) >= 11 is 0. The van der Waals surface area contributed by atoms with Gasteiger partial charge in [0.25, 0.3) is 0 Å². The molecule has 0 bridgehead atoms. The van der Waals surface area contributed by atoms with Gasteiger partial charge in [0.1, 0.15) is 0 Å². The second kappa shape index (κ2) is 6.08. The van der Waals surface area contributed by atoms with E-state index in [9.17, 15) is 5.26 Å². The van der Waals surface area contributed by atoms with E-state index in [4.69, 9.17) is 0 Å². The van der Waals surface area contributed by atoms with Crippen LogP contribution in [-0.2, 0) is 0 Å². The molecular weight excluding hydrogens is 242 g/mol. The fourth-order valence-electron chi connectivity index (χ4n) is 4.06. The second-order valence-corrected chi connectivity index (χ2v) is 8.64. The van der Waals surface area contributed by atoms with E-state index in [1.165, 1.54) is 6.42 Å². The molecule has 1 nitrogen and oxygen atoms in total.